The lowest BCUT2D eigenvalue weighted by atomic mass is 10.2. The molecule has 1 aliphatic rings. The highest BCUT2D eigenvalue weighted by atomic mass is 32.2. The molecule has 1 aromatic carbocycles. The van der Waals surface area contributed by atoms with Gasteiger partial charge in [-0.2, -0.15) is 0 Å². The fraction of sp³-hybridized carbons (Fsp3) is 0.571. The number of morpholine rings is 1. The molecule has 1 aromatic rings. The first-order valence-corrected chi connectivity index (χ1v) is 8.34. The van der Waals surface area contributed by atoms with Gasteiger partial charge in [0.1, 0.15) is 0 Å². The Balaban J connectivity index is 1.79. The van der Waals surface area contributed by atoms with E-state index in [4.69, 9.17) is 4.74 Å². The second-order valence-corrected chi connectivity index (χ2v) is 6.63. The number of rotatable bonds is 6. The zero-order valence-electron chi connectivity index (χ0n) is 11.8. The molecular formula is C14H21N2O3S. The molecule has 1 fully saturated rings. The summed E-state index contributed by atoms with van der Waals surface area (Å²) in [6.07, 6.45) is 0.803. The molecule has 0 amide bonds. The molecule has 6 heteroatoms. The molecule has 0 bridgehead atoms. The summed E-state index contributed by atoms with van der Waals surface area (Å²) in [5, 5.41) is 0. The molecule has 0 aromatic heterocycles. The Kier molecular flexibility index (Phi) is 5.54. The second-order valence-electron chi connectivity index (χ2n) is 4.90. The molecule has 1 heterocycles. The lowest BCUT2D eigenvalue weighted by Crippen LogP contribution is -2.38. The predicted molar refractivity (Wildman–Crippen MR) is 77.1 cm³/mol. The number of aryl methyl sites for hydroxylation is 1. The van der Waals surface area contributed by atoms with Crippen LogP contribution in [0.4, 0.5) is 0 Å². The van der Waals surface area contributed by atoms with Gasteiger partial charge in [0.15, 0.2) is 0 Å². The van der Waals surface area contributed by atoms with E-state index in [9.17, 15) is 8.42 Å². The van der Waals surface area contributed by atoms with E-state index in [2.05, 4.69) is 15.7 Å². The average molecular weight is 297 g/mol. The van der Waals surface area contributed by atoms with E-state index in [1.807, 2.05) is 0 Å². The Morgan fingerprint density at radius 2 is 2.15 bits per heavy atom. The first-order valence-electron chi connectivity index (χ1n) is 6.86. The summed E-state index contributed by atoms with van der Waals surface area (Å²) in [4.78, 5) is 2.63. The van der Waals surface area contributed by atoms with Crippen molar-refractivity contribution in [2.24, 2.45) is 0 Å². The fourth-order valence-electron chi connectivity index (χ4n) is 2.21. The SMILES string of the molecule is Cc1c[c]ccc1S(=O)(=O)NCCCN1CCOCC1. The summed E-state index contributed by atoms with van der Waals surface area (Å²) < 4.78 is 32.2. The normalized spacial score (nSPS) is 17.2. The summed E-state index contributed by atoms with van der Waals surface area (Å²) in [7, 11) is -3.41. The highest BCUT2D eigenvalue weighted by Gasteiger charge is 2.16. The number of benzene rings is 1. The standard InChI is InChI=1S/C14H21N2O3S/c1-13-5-2-3-6-14(13)20(17,18)15-7-4-8-16-9-11-19-12-10-16/h3,5-6,15H,4,7-12H2,1H3. The van der Waals surface area contributed by atoms with E-state index in [-0.39, 0.29) is 0 Å². The van der Waals surface area contributed by atoms with Crippen molar-refractivity contribution >= 4 is 10.0 Å². The Labute approximate surface area is 121 Å². The van der Waals surface area contributed by atoms with Gasteiger partial charge in [-0.1, -0.05) is 12.1 Å². The molecule has 0 aliphatic carbocycles. The van der Waals surface area contributed by atoms with Gasteiger partial charge in [-0.25, -0.2) is 13.1 Å². The molecule has 1 N–H and O–H groups in total. The summed E-state index contributed by atoms with van der Waals surface area (Å²) in [6.45, 7) is 6.53. The monoisotopic (exact) mass is 297 g/mol. The predicted octanol–water partition coefficient (Wildman–Crippen LogP) is 0.796. The highest BCUT2D eigenvalue weighted by Crippen LogP contribution is 2.13. The Bertz CT molecular complexity index is 525. The summed E-state index contributed by atoms with van der Waals surface area (Å²) in [5.74, 6) is 0. The second kappa shape index (κ2) is 7.17. The van der Waals surface area contributed by atoms with Crippen LogP contribution in [0.5, 0.6) is 0 Å². The Morgan fingerprint density at radius 1 is 1.40 bits per heavy atom. The number of nitrogens with one attached hydrogen (secondary N) is 1. The van der Waals surface area contributed by atoms with Crippen LogP contribution in [0.3, 0.4) is 0 Å². The maximum atomic E-state index is 12.1. The minimum Gasteiger partial charge on any atom is -0.379 e. The third kappa shape index (κ3) is 4.28. The maximum Gasteiger partial charge on any atom is 0.240 e. The molecule has 5 nitrogen and oxygen atoms in total. The molecule has 20 heavy (non-hydrogen) atoms. The van der Waals surface area contributed by atoms with Gasteiger partial charge in [0.25, 0.3) is 0 Å². The van der Waals surface area contributed by atoms with Gasteiger partial charge >= 0.3 is 0 Å². The largest absolute Gasteiger partial charge is 0.379 e. The van der Waals surface area contributed by atoms with Crippen LogP contribution in [0.15, 0.2) is 23.1 Å². The van der Waals surface area contributed by atoms with Gasteiger partial charge < -0.3 is 4.74 Å². The fourth-order valence-corrected chi connectivity index (χ4v) is 3.51. The molecule has 1 saturated heterocycles. The van der Waals surface area contributed by atoms with Crippen LogP contribution in [0.2, 0.25) is 0 Å². The van der Waals surface area contributed by atoms with Gasteiger partial charge in [-0.05, 0) is 37.6 Å². The van der Waals surface area contributed by atoms with Crippen LogP contribution in [0.25, 0.3) is 0 Å². The number of nitrogens with zero attached hydrogens (tertiary/aromatic N) is 1. The van der Waals surface area contributed by atoms with E-state index >= 15 is 0 Å². The van der Waals surface area contributed by atoms with Crippen molar-refractivity contribution in [2.75, 3.05) is 39.4 Å². The Morgan fingerprint density at radius 3 is 2.85 bits per heavy atom. The maximum absolute atomic E-state index is 12.1. The van der Waals surface area contributed by atoms with Crippen LogP contribution in [0, 0.1) is 13.0 Å². The summed E-state index contributed by atoms with van der Waals surface area (Å²) in [6, 6.07) is 7.76. The van der Waals surface area contributed by atoms with E-state index < -0.39 is 10.0 Å². The quantitative estimate of drug-likeness (QED) is 0.789. The van der Waals surface area contributed by atoms with E-state index in [1.54, 1.807) is 25.1 Å². The molecule has 1 radical (unpaired) electrons. The third-order valence-corrected chi connectivity index (χ3v) is 4.98. The van der Waals surface area contributed by atoms with Crippen LogP contribution in [-0.4, -0.2) is 52.7 Å². The van der Waals surface area contributed by atoms with Crippen LogP contribution in [-0.2, 0) is 14.8 Å². The highest BCUT2D eigenvalue weighted by molar-refractivity contribution is 7.89. The van der Waals surface area contributed by atoms with E-state index in [0.717, 1.165) is 39.3 Å². The van der Waals surface area contributed by atoms with Crippen LogP contribution >= 0.6 is 0 Å². The number of ether oxygens (including phenoxy) is 1. The minimum atomic E-state index is -3.41. The summed E-state index contributed by atoms with van der Waals surface area (Å²) >= 11 is 0. The first kappa shape index (κ1) is 15.4. The number of sulfonamides is 1. The van der Waals surface area contributed by atoms with E-state index in [0.29, 0.717) is 17.0 Å². The molecule has 0 unspecified atom stereocenters. The lowest BCUT2D eigenvalue weighted by molar-refractivity contribution is 0.0376. The molecule has 111 valence electrons. The smallest absolute Gasteiger partial charge is 0.240 e. The zero-order chi connectivity index (χ0) is 14.4. The average Bonchev–Trinajstić information content (AvgIpc) is 2.45. The zero-order valence-corrected chi connectivity index (χ0v) is 12.6. The van der Waals surface area contributed by atoms with Crippen LogP contribution in [0.1, 0.15) is 12.0 Å². The molecule has 0 saturated carbocycles. The van der Waals surface area contributed by atoms with Gasteiger partial charge in [-0.15, -0.1) is 0 Å². The first-order chi connectivity index (χ1) is 9.59. The van der Waals surface area contributed by atoms with Crippen molar-refractivity contribution in [1.29, 1.82) is 0 Å². The van der Waals surface area contributed by atoms with Gasteiger partial charge in [0, 0.05) is 19.6 Å². The molecule has 0 spiro atoms. The number of hydrogen-bond donors (Lipinski definition) is 1. The van der Waals surface area contributed by atoms with Crippen molar-refractivity contribution in [3.8, 4) is 0 Å². The van der Waals surface area contributed by atoms with Crippen molar-refractivity contribution in [3.63, 3.8) is 0 Å². The number of hydrogen-bond acceptors (Lipinski definition) is 4. The van der Waals surface area contributed by atoms with Crippen molar-refractivity contribution in [2.45, 2.75) is 18.2 Å². The Hall–Kier alpha value is -0.950. The van der Waals surface area contributed by atoms with Crippen molar-refractivity contribution in [1.82, 2.24) is 9.62 Å². The van der Waals surface area contributed by atoms with Gasteiger partial charge in [-0.3, -0.25) is 4.90 Å². The lowest BCUT2D eigenvalue weighted by Gasteiger charge is -2.26. The molecular weight excluding hydrogens is 276 g/mol. The molecule has 0 atom stereocenters. The molecule has 1 aliphatic heterocycles. The minimum absolute atomic E-state index is 0.336. The third-order valence-electron chi connectivity index (χ3n) is 3.36. The van der Waals surface area contributed by atoms with E-state index in [1.165, 1.54) is 0 Å². The van der Waals surface area contributed by atoms with Crippen molar-refractivity contribution in [3.05, 3.63) is 29.8 Å². The topological polar surface area (TPSA) is 58.6 Å². The van der Waals surface area contributed by atoms with Crippen molar-refractivity contribution < 1.29 is 13.2 Å². The van der Waals surface area contributed by atoms with Gasteiger partial charge in [0.2, 0.25) is 10.0 Å². The molecule has 2 rings (SSSR count). The van der Waals surface area contributed by atoms with Crippen LogP contribution < -0.4 is 4.72 Å². The van der Waals surface area contributed by atoms with Gasteiger partial charge in [0.05, 0.1) is 18.1 Å². The summed E-state index contributed by atoms with van der Waals surface area (Å²) in [5.41, 5.74) is 0.716.